The molecule has 2 aromatic carbocycles. The first-order valence-electron chi connectivity index (χ1n) is 11.5. The minimum Gasteiger partial charge on any atom is -0.422 e. The number of para-hydroxylation sites is 1. The topological polar surface area (TPSA) is 98.0 Å². The molecule has 0 saturated heterocycles. The van der Waals surface area contributed by atoms with Gasteiger partial charge in [-0.25, -0.2) is 9.59 Å². The average Bonchev–Trinajstić information content (AvgIpc) is 3.13. The van der Waals surface area contributed by atoms with Crippen LogP contribution < -0.4 is 10.9 Å². The molecule has 5 rings (SSSR count). The molecule has 2 bridgehead atoms. The lowest BCUT2D eigenvalue weighted by Gasteiger charge is -2.39. The molecule has 0 radical (unpaired) electrons. The number of amides is 1. The number of nitrogens with zero attached hydrogens (tertiary/aromatic N) is 1. The third-order valence-electron chi connectivity index (χ3n) is 8.35. The van der Waals surface area contributed by atoms with Crippen LogP contribution in [0.15, 0.2) is 69.0 Å². The van der Waals surface area contributed by atoms with E-state index in [1.807, 2.05) is 6.92 Å². The summed E-state index contributed by atoms with van der Waals surface area (Å²) < 4.78 is 5.23. The smallest absolute Gasteiger partial charge is 0.373 e. The van der Waals surface area contributed by atoms with Gasteiger partial charge >= 0.3 is 11.6 Å². The summed E-state index contributed by atoms with van der Waals surface area (Å²) in [5, 5.41) is 8.36. The Morgan fingerprint density at radius 1 is 1.06 bits per heavy atom. The number of halogens is 1. The van der Waals surface area contributed by atoms with Crippen LogP contribution >= 0.6 is 11.6 Å². The van der Waals surface area contributed by atoms with Crippen molar-refractivity contribution in [3.63, 3.8) is 0 Å². The molecule has 0 aliphatic heterocycles. The second kappa shape index (κ2) is 8.05. The van der Waals surface area contributed by atoms with E-state index in [1.165, 1.54) is 6.07 Å². The number of benzene rings is 2. The van der Waals surface area contributed by atoms with Crippen LogP contribution in [0.1, 0.15) is 50.4 Å². The lowest BCUT2D eigenvalue weighted by Crippen LogP contribution is -2.43. The predicted octanol–water partition coefficient (Wildman–Crippen LogP) is 5.81. The number of rotatable bonds is 4. The molecule has 8 heteroatoms. The average molecular weight is 493 g/mol. The molecule has 7 nitrogen and oxygen atoms in total. The van der Waals surface area contributed by atoms with Crippen molar-refractivity contribution in [1.29, 1.82) is 0 Å². The van der Waals surface area contributed by atoms with Gasteiger partial charge in [-0.3, -0.25) is 4.79 Å². The molecule has 2 unspecified atom stereocenters. The van der Waals surface area contributed by atoms with Crippen molar-refractivity contribution < 1.29 is 18.8 Å². The molecule has 35 heavy (non-hydrogen) atoms. The quantitative estimate of drug-likeness (QED) is 0.281. The van der Waals surface area contributed by atoms with Gasteiger partial charge in [0.2, 0.25) is 5.91 Å². The minimum absolute atomic E-state index is 0.111. The van der Waals surface area contributed by atoms with E-state index in [0.29, 0.717) is 40.2 Å². The van der Waals surface area contributed by atoms with E-state index >= 15 is 0 Å². The molecule has 180 valence electrons. The molecule has 2 aliphatic carbocycles. The fourth-order valence-corrected chi connectivity index (χ4v) is 5.88. The molecule has 2 saturated carbocycles. The van der Waals surface area contributed by atoms with Crippen molar-refractivity contribution in [1.82, 2.24) is 0 Å². The Bertz CT molecular complexity index is 1460. The zero-order valence-electron chi connectivity index (χ0n) is 19.7. The number of carbonyl (C=O) groups excluding carboxylic acids is 2. The van der Waals surface area contributed by atoms with E-state index in [2.05, 4.69) is 24.3 Å². The normalized spacial score (nSPS) is 25.7. The van der Waals surface area contributed by atoms with Crippen molar-refractivity contribution >= 4 is 45.8 Å². The largest absolute Gasteiger partial charge is 0.422 e. The minimum atomic E-state index is -0.890. The first-order chi connectivity index (χ1) is 16.6. The van der Waals surface area contributed by atoms with Crippen LogP contribution in [0.2, 0.25) is 5.02 Å². The summed E-state index contributed by atoms with van der Waals surface area (Å²) in [7, 11) is 0. The van der Waals surface area contributed by atoms with Crippen molar-refractivity contribution in [2.45, 2.75) is 40.0 Å². The van der Waals surface area contributed by atoms with Crippen molar-refractivity contribution in [3.05, 3.63) is 75.6 Å². The number of hydrogen-bond acceptors (Lipinski definition) is 6. The van der Waals surface area contributed by atoms with Crippen LogP contribution in [0, 0.1) is 16.2 Å². The molecule has 1 aromatic heterocycles. The standard InChI is InChI=1S/C27H25ClN2O5/c1-25(2)26(3)11-12-27(25,24(33)29-18-9-6-8-17(28)14-18)15-21(26)30-35-23(32)19-13-16-7-4-5-10-20(16)34-22(19)31/h4-10,13-14H,11-12,15H2,1-3H3,(H,29,33). The molecule has 1 N–H and O–H groups in total. The summed E-state index contributed by atoms with van der Waals surface area (Å²) >= 11 is 6.08. The molecule has 0 spiro atoms. The Kier molecular flexibility index (Phi) is 5.36. The Balaban J connectivity index is 1.42. The second-order valence-corrected chi connectivity index (χ2v) is 10.5. The number of carbonyl (C=O) groups is 2. The number of oxime groups is 1. The highest BCUT2D eigenvalue weighted by molar-refractivity contribution is 6.30. The maximum atomic E-state index is 13.6. The van der Waals surface area contributed by atoms with Gasteiger partial charge in [0.1, 0.15) is 11.1 Å². The van der Waals surface area contributed by atoms with E-state index in [4.69, 9.17) is 20.9 Å². The molecule has 3 aromatic rings. The number of fused-ring (bicyclic) bond motifs is 3. The van der Waals surface area contributed by atoms with E-state index in [9.17, 15) is 14.4 Å². The molecule has 2 fully saturated rings. The van der Waals surface area contributed by atoms with Gasteiger partial charge < -0.3 is 14.6 Å². The van der Waals surface area contributed by atoms with Gasteiger partial charge in [0.15, 0.2) is 0 Å². The maximum absolute atomic E-state index is 13.6. The number of hydrogen-bond donors (Lipinski definition) is 1. The van der Waals surface area contributed by atoms with Crippen molar-refractivity contribution in [2.24, 2.45) is 21.4 Å². The van der Waals surface area contributed by atoms with Crippen LogP contribution in [-0.2, 0) is 9.63 Å². The third kappa shape index (κ3) is 3.48. The van der Waals surface area contributed by atoms with Crippen LogP contribution in [0.3, 0.4) is 0 Å². The van der Waals surface area contributed by atoms with Crippen molar-refractivity contribution in [3.8, 4) is 0 Å². The highest BCUT2D eigenvalue weighted by Gasteiger charge is 2.71. The Morgan fingerprint density at radius 2 is 1.83 bits per heavy atom. The summed E-state index contributed by atoms with van der Waals surface area (Å²) in [5.41, 5.74) is -0.995. The van der Waals surface area contributed by atoms with Gasteiger partial charge in [-0.1, -0.05) is 61.8 Å². The molecular formula is C27H25ClN2O5. The van der Waals surface area contributed by atoms with Crippen LogP contribution in [0.25, 0.3) is 11.0 Å². The van der Waals surface area contributed by atoms with Gasteiger partial charge in [-0.2, -0.15) is 0 Å². The summed E-state index contributed by atoms with van der Waals surface area (Å²) in [4.78, 5) is 43.9. The fraction of sp³-hybridized carbons (Fsp3) is 0.333. The van der Waals surface area contributed by atoms with E-state index in [1.54, 1.807) is 48.5 Å². The van der Waals surface area contributed by atoms with E-state index in [-0.39, 0.29) is 11.5 Å². The Morgan fingerprint density at radius 3 is 2.60 bits per heavy atom. The van der Waals surface area contributed by atoms with Crippen molar-refractivity contribution in [2.75, 3.05) is 5.32 Å². The number of nitrogens with one attached hydrogen (secondary N) is 1. The van der Waals surface area contributed by atoms with Gasteiger partial charge in [0.05, 0.1) is 11.1 Å². The first-order valence-corrected chi connectivity index (χ1v) is 11.8. The highest BCUT2D eigenvalue weighted by Crippen LogP contribution is 2.71. The Labute approximate surface area is 207 Å². The lowest BCUT2D eigenvalue weighted by atomic mass is 9.64. The van der Waals surface area contributed by atoms with E-state index in [0.717, 1.165) is 6.42 Å². The second-order valence-electron chi connectivity index (χ2n) is 10.1. The van der Waals surface area contributed by atoms with Gasteiger partial charge in [-0.15, -0.1) is 0 Å². The van der Waals surface area contributed by atoms with Gasteiger partial charge in [0, 0.05) is 27.9 Å². The molecular weight excluding hydrogens is 468 g/mol. The SMILES string of the molecule is CC12CCC(C(=O)Nc3cccc(Cl)c3)(CC1=NOC(=O)c1cc3ccccc3oc1=O)C2(C)C. The van der Waals surface area contributed by atoms with Gasteiger partial charge in [-0.05, 0) is 48.6 Å². The molecule has 2 aliphatic rings. The van der Waals surface area contributed by atoms with Crippen LogP contribution in [-0.4, -0.2) is 17.6 Å². The zero-order valence-corrected chi connectivity index (χ0v) is 20.4. The summed E-state index contributed by atoms with van der Waals surface area (Å²) in [6, 6.07) is 15.4. The Hall–Kier alpha value is -3.45. The van der Waals surface area contributed by atoms with E-state index < -0.39 is 27.8 Å². The monoisotopic (exact) mass is 492 g/mol. The summed E-state index contributed by atoms with van der Waals surface area (Å²) in [6.07, 6.45) is 1.75. The predicted molar refractivity (Wildman–Crippen MR) is 134 cm³/mol. The van der Waals surface area contributed by atoms with Gasteiger partial charge in [0.25, 0.3) is 0 Å². The third-order valence-corrected chi connectivity index (χ3v) is 8.59. The summed E-state index contributed by atoms with van der Waals surface area (Å²) in [5.74, 6) is -1.00. The lowest BCUT2D eigenvalue weighted by molar-refractivity contribution is -0.130. The first kappa shape index (κ1) is 23.3. The number of anilines is 1. The molecule has 1 amide bonds. The maximum Gasteiger partial charge on any atom is 0.373 e. The van der Waals surface area contributed by atoms with Crippen LogP contribution in [0.5, 0.6) is 0 Å². The fourth-order valence-electron chi connectivity index (χ4n) is 5.69. The summed E-state index contributed by atoms with van der Waals surface area (Å²) in [6.45, 7) is 6.16. The zero-order chi connectivity index (χ0) is 25.0. The highest BCUT2D eigenvalue weighted by atomic mass is 35.5. The molecule has 2 atom stereocenters. The molecule has 1 heterocycles. The van der Waals surface area contributed by atoms with Crippen LogP contribution in [0.4, 0.5) is 5.69 Å².